The Morgan fingerprint density at radius 2 is 1.79 bits per heavy atom. The summed E-state index contributed by atoms with van der Waals surface area (Å²) in [6, 6.07) is 17.6. The minimum absolute atomic E-state index is 0.0417. The summed E-state index contributed by atoms with van der Waals surface area (Å²) in [7, 11) is 0. The zero-order valence-corrected chi connectivity index (χ0v) is 24.0. The van der Waals surface area contributed by atoms with E-state index in [0.29, 0.717) is 27.7 Å². The lowest BCUT2D eigenvalue weighted by Gasteiger charge is -2.32. The van der Waals surface area contributed by atoms with Gasteiger partial charge in [-0.1, -0.05) is 67.1 Å². The molecule has 3 aromatic carbocycles. The number of anilines is 2. The largest absolute Gasteiger partial charge is 0.450 e. The predicted molar refractivity (Wildman–Crippen MR) is 158 cm³/mol. The number of carbonyl (C=O) groups is 2. The van der Waals surface area contributed by atoms with E-state index in [4.69, 9.17) is 16.0 Å². The van der Waals surface area contributed by atoms with E-state index < -0.39 is 28.6 Å². The van der Waals surface area contributed by atoms with Gasteiger partial charge in [-0.15, -0.1) is 10.2 Å². The quantitative estimate of drug-likeness (QED) is 0.242. The highest BCUT2D eigenvalue weighted by molar-refractivity contribution is 7.15. The third-order valence-electron chi connectivity index (χ3n) is 7.57. The van der Waals surface area contributed by atoms with E-state index in [0.717, 1.165) is 17.7 Å². The number of carbonyl (C=O) groups excluding carboxylic acids is 2. The number of aromatic nitrogens is 2. The highest BCUT2D eigenvalue weighted by atomic mass is 35.5. The first kappa shape index (κ1) is 26.5. The smallest absolute Gasteiger partial charge is 0.297 e. The molecular weight excluding hydrogens is 579 g/mol. The number of fused-ring (bicyclic) bond motifs is 5. The average molecular weight is 601 g/mol. The molecule has 4 heterocycles. The summed E-state index contributed by atoms with van der Waals surface area (Å²) >= 11 is 7.28. The van der Waals surface area contributed by atoms with Gasteiger partial charge < -0.3 is 9.32 Å². The van der Waals surface area contributed by atoms with E-state index in [1.165, 1.54) is 22.3 Å². The fourth-order valence-electron chi connectivity index (χ4n) is 5.83. The molecular formula is C31H22ClFN4O4S. The van der Waals surface area contributed by atoms with Gasteiger partial charge in [0.1, 0.15) is 16.4 Å². The van der Waals surface area contributed by atoms with Gasteiger partial charge in [-0.2, -0.15) is 0 Å². The molecule has 0 radical (unpaired) electrons. The number of hydrogen-bond donors (Lipinski definition) is 0. The second-order valence-corrected chi connectivity index (χ2v) is 12.2. The summed E-state index contributed by atoms with van der Waals surface area (Å²) in [5.41, 5.74) is -0.996. The van der Waals surface area contributed by atoms with E-state index in [-0.39, 0.29) is 39.9 Å². The maximum atomic E-state index is 14.9. The van der Waals surface area contributed by atoms with Gasteiger partial charge in [-0.3, -0.25) is 19.3 Å². The fourth-order valence-corrected chi connectivity index (χ4v) is 7.06. The number of benzene rings is 3. The third kappa shape index (κ3) is 3.75. The van der Waals surface area contributed by atoms with Crippen LogP contribution in [0.15, 0.2) is 75.9 Å². The van der Waals surface area contributed by atoms with Crippen LogP contribution in [0.25, 0.3) is 11.0 Å². The van der Waals surface area contributed by atoms with Gasteiger partial charge in [-0.25, -0.2) is 4.39 Å². The van der Waals surface area contributed by atoms with Crippen LogP contribution in [0.3, 0.4) is 0 Å². The lowest BCUT2D eigenvalue weighted by atomic mass is 9.84. The van der Waals surface area contributed by atoms with Crippen LogP contribution < -0.4 is 15.2 Å². The van der Waals surface area contributed by atoms with Crippen molar-refractivity contribution in [3.05, 3.63) is 115 Å². The summed E-state index contributed by atoms with van der Waals surface area (Å²) in [5, 5.41) is 9.95. The molecule has 210 valence electrons. The SMILES string of the molecule is CC(C)Cc1nnc(N2C(=O)c3oc4ccc(F)cc4c(=O)c3C23C(=O)N(Cc2ccc(Cl)cc2)c2ccccc23)s1. The third-order valence-corrected chi connectivity index (χ3v) is 8.75. The van der Waals surface area contributed by atoms with Crippen LogP contribution in [-0.2, 0) is 23.3 Å². The van der Waals surface area contributed by atoms with Crippen LogP contribution >= 0.6 is 22.9 Å². The Morgan fingerprint density at radius 1 is 1.02 bits per heavy atom. The average Bonchev–Trinajstić information content (AvgIpc) is 3.59. The van der Waals surface area contributed by atoms with Crippen LogP contribution in [0.2, 0.25) is 5.02 Å². The van der Waals surface area contributed by atoms with Gasteiger partial charge >= 0.3 is 0 Å². The summed E-state index contributed by atoms with van der Waals surface area (Å²) < 4.78 is 20.4. The maximum absolute atomic E-state index is 14.9. The lowest BCUT2D eigenvalue weighted by molar-refractivity contribution is -0.121. The minimum atomic E-state index is -1.94. The molecule has 0 bridgehead atoms. The predicted octanol–water partition coefficient (Wildman–Crippen LogP) is 6.09. The molecule has 0 saturated heterocycles. The normalized spacial score (nSPS) is 17.6. The molecule has 42 heavy (non-hydrogen) atoms. The molecule has 2 aliphatic rings. The van der Waals surface area contributed by atoms with Crippen molar-refractivity contribution in [2.75, 3.05) is 9.80 Å². The molecule has 5 aromatic rings. The van der Waals surface area contributed by atoms with Gasteiger partial charge in [-0.05, 0) is 47.9 Å². The summed E-state index contributed by atoms with van der Waals surface area (Å²) in [6.07, 6.45) is 0.618. The Hall–Kier alpha value is -4.41. The number of para-hydroxylation sites is 1. The van der Waals surface area contributed by atoms with Crippen molar-refractivity contribution in [1.29, 1.82) is 0 Å². The molecule has 1 unspecified atom stereocenters. The van der Waals surface area contributed by atoms with Crippen molar-refractivity contribution in [3.8, 4) is 0 Å². The first-order chi connectivity index (χ1) is 20.2. The van der Waals surface area contributed by atoms with E-state index in [9.17, 15) is 18.8 Å². The zero-order chi connectivity index (χ0) is 29.3. The van der Waals surface area contributed by atoms with Gasteiger partial charge in [0, 0.05) is 17.0 Å². The van der Waals surface area contributed by atoms with E-state index in [1.807, 2.05) is 26.0 Å². The molecule has 0 saturated carbocycles. The van der Waals surface area contributed by atoms with Crippen molar-refractivity contribution in [2.24, 2.45) is 5.92 Å². The number of hydrogen-bond acceptors (Lipinski definition) is 7. The number of rotatable bonds is 5. The topological polar surface area (TPSA) is 96.6 Å². The van der Waals surface area contributed by atoms with Crippen LogP contribution in [-0.4, -0.2) is 22.0 Å². The van der Waals surface area contributed by atoms with Crippen molar-refractivity contribution >= 4 is 56.5 Å². The lowest BCUT2D eigenvalue weighted by Crippen LogP contribution is -2.53. The minimum Gasteiger partial charge on any atom is -0.450 e. The molecule has 2 aliphatic heterocycles. The van der Waals surface area contributed by atoms with E-state index in [2.05, 4.69) is 10.2 Å². The van der Waals surface area contributed by atoms with Crippen LogP contribution in [0.4, 0.5) is 15.2 Å². The van der Waals surface area contributed by atoms with Crippen molar-refractivity contribution in [2.45, 2.75) is 32.4 Å². The molecule has 2 amide bonds. The van der Waals surface area contributed by atoms with Gasteiger partial charge in [0.2, 0.25) is 10.9 Å². The highest BCUT2D eigenvalue weighted by Gasteiger charge is 2.66. The van der Waals surface area contributed by atoms with Crippen LogP contribution in [0.1, 0.15) is 46.1 Å². The van der Waals surface area contributed by atoms with Gasteiger partial charge in [0.15, 0.2) is 11.0 Å². The molecule has 2 aromatic heterocycles. The maximum Gasteiger partial charge on any atom is 0.297 e. The van der Waals surface area contributed by atoms with Crippen molar-refractivity contribution < 1.29 is 18.4 Å². The Morgan fingerprint density at radius 3 is 2.55 bits per heavy atom. The van der Waals surface area contributed by atoms with Gasteiger partial charge in [0.25, 0.3) is 11.8 Å². The Balaban J connectivity index is 1.52. The molecule has 11 heteroatoms. The number of amides is 2. The monoisotopic (exact) mass is 600 g/mol. The molecule has 1 atom stereocenters. The van der Waals surface area contributed by atoms with Crippen LogP contribution in [0, 0.1) is 11.7 Å². The van der Waals surface area contributed by atoms with Gasteiger partial charge in [0.05, 0.1) is 23.2 Å². The molecule has 7 rings (SSSR count). The highest BCUT2D eigenvalue weighted by Crippen LogP contribution is 2.54. The summed E-state index contributed by atoms with van der Waals surface area (Å²) in [6.45, 7) is 4.23. The van der Waals surface area contributed by atoms with E-state index in [1.54, 1.807) is 41.3 Å². The Kier molecular flexibility index (Phi) is 6.04. The molecule has 8 nitrogen and oxygen atoms in total. The summed E-state index contributed by atoms with van der Waals surface area (Å²) in [5.74, 6) is -1.88. The Labute approximate surface area is 248 Å². The molecule has 0 fully saturated rings. The standard InChI is InChI=1S/C31H22ClFN4O4S/c1-16(2)13-24-34-35-30(42-24)37-28(39)27-25(26(38)20-14-19(33)11-12-23(20)41-27)31(37)21-5-3-4-6-22(21)36(29(31)40)15-17-7-9-18(32)10-8-17/h3-12,14,16H,13,15H2,1-2H3. The molecule has 0 N–H and O–H groups in total. The van der Waals surface area contributed by atoms with Crippen molar-refractivity contribution in [3.63, 3.8) is 0 Å². The fraction of sp³-hybridized carbons (Fsp3) is 0.194. The van der Waals surface area contributed by atoms with E-state index >= 15 is 0 Å². The molecule has 0 aliphatic carbocycles. The van der Waals surface area contributed by atoms with Crippen LogP contribution in [0.5, 0.6) is 0 Å². The molecule has 1 spiro atoms. The second-order valence-electron chi connectivity index (χ2n) is 10.7. The zero-order valence-electron chi connectivity index (χ0n) is 22.4. The Bertz CT molecular complexity index is 1990. The first-order valence-electron chi connectivity index (χ1n) is 13.3. The number of halogens is 2. The first-order valence-corrected chi connectivity index (χ1v) is 14.5. The summed E-state index contributed by atoms with van der Waals surface area (Å²) in [4.78, 5) is 46.2. The van der Waals surface area contributed by atoms with Crippen molar-refractivity contribution in [1.82, 2.24) is 10.2 Å². The second kappa shape index (κ2) is 9.57. The number of nitrogens with zero attached hydrogens (tertiary/aromatic N) is 4.